The van der Waals surface area contributed by atoms with Crippen molar-refractivity contribution in [3.63, 3.8) is 0 Å². The van der Waals surface area contributed by atoms with Crippen LogP contribution in [0.2, 0.25) is 0 Å². The summed E-state index contributed by atoms with van der Waals surface area (Å²) >= 11 is 0.574. The van der Waals surface area contributed by atoms with Crippen LogP contribution in [0.15, 0.2) is 18.9 Å². The fraction of sp³-hybridized carbons (Fsp3) is 0. The highest BCUT2D eigenvalue weighted by atomic mass is 32.2. The van der Waals surface area contributed by atoms with Gasteiger partial charge in [-0.1, -0.05) is 13.2 Å². The van der Waals surface area contributed by atoms with Crippen LogP contribution in [0.1, 0.15) is 0 Å². The molecule has 0 radical (unpaired) electrons. The number of thiocyanates is 2. The molecule has 0 unspecified atom stereocenters. The van der Waals surface area contributed by atoms with Crippen molar-refractivity contribution in [1.82, 2.24) is 0 Å². The molecule has 0 spiro atoms. The van der Waals surface area contributed by atoms with Gasteiger partial charge >= 0.3 is 0 Å². The maximum atomic E-state index is 7.56. The van der Waals surface area contributed by atoms with E-state index in [4.69, 9.17) is 10.5 Å². The molecule has 0 aromatic heterocycles. The molecule has 0 heterocycles. The van der Waals surface area contributed by atoms with Crippen molar-refractivity contribution in [2.24, 2.45) is 0 Å². The molecule has 0 amide bonds. The first-order chi connectivity index (χ1) is 3.83. The second-order valence-electron chi connectivity index (χ2n) is 0.535. The summed E-state index contributed by atoms with van der Waals surface area (Å²) in [4.78, 5) is 0. The van der Waals surface area contributed by atoms with Crippen LogP contribution in [-0.2, 0) is 0 Å². The largest absolute Gasteiger partial charge is 0.184 e. The summed E-state index contributed by atoms with van der Waals surface area (Å²) in [6.07, 6.45) is 0. The first-order valence-electron chi connectivity index (χ1n) is 1.56. The van der Waals surface area contributed by atoms with Crippen LogP contribution < -0.4 is 0 Å². The van der Waals surface area contributed by atoms with Gasteiger partial charge in [0.25, 0.3) is 0 Å². The Morgan fingerprint density at radius 1 is 1.12 bits per heavy atom. The monoisotopic (exact) mass is 124 g/mol. The lowest BCUT2D eigenvalue weighted by atomic mass is 11.0. The van der Waals surface area contributed by atoms with Gasteiger partial charge in [-0.2, -0.15) is 10.5 Å². The molecule has 2 nitrogen and oxygen atoms in total. The molecule has 0 N–H and O–H groups in total. The van der Waals surface area contributed by atoms with Gasteiger partial charge in [-0.15, -0.1) is 5.73 Å². The Morgan fingerprint density at radius 2 is 1.38 bits per heavy atom. The quantitative estimate of drug-likeness (QED) is 0.364. The Hall–Kier alpha value is -1.15. The molecule has 0 atom stereocenters. The van der Waals surface area contributed by atoms with Crippen molar-refractivity contribution in [2.75, 3.05) is 0 Å². The Bertz CT molecular complexity index is 131. The lowest BCUT2D eigenvalue weighted by Crippen LogP contribution is -1.29. The third kappa shape index (κ3) is 99.5. The molecule has 0 aromatic carbocycles. The molecule has 0 aliphatic carbocycles. The third-order valence-electron chi connectivity index (χ3n) is 0.0913. The molecule has 40 valence electrons. The summed E-state index contributed by atoms with van der Waals surface area (Å²) in [5.41, 5.74) is 2.25. The zero-order valence-electron chi connectivity index (χ0n) is 4.22. The van der Waals surface area contributed by atoms with E-state index in [1.54, 1.807) is 10.8 Å². The van der Waals surface area contributed by atoms with Gasteiger partial charge < -0.3 is 0 Å². The van der Waals surface area contributed by atoms with E-state index in [0.717, 1.165) is 0 Å². The van der Waals surface area contributed by atoms with Gasteiger partial charge in [0.05, 0.1) is 11.8 Å². The summed E-state index contributed by atoms with van der Waals surface area (Å²) in [6, 6.07) is 0. The van der Waals surface area contributed by atoms with E-state index in [-0.39, 0.29) is 0 Å². The Morgan fingerprint density at radius 3 is 1.38 bits per heavy atom. The van der Waals surface area contributed by atoms with Gasteiger partial charge in [-0.05, 0) is 0 Å². The third-order valence-corrected chi connectivity index (χ3v) is 0.274. The van der Waals surface area contributed by atoms with Crippen molar-refractivity contribution < 1.29 is 0 Å². The average Bonchev–Trinajstić information content (AvgIpc) is 1.71. The zero-order valence-corrected chi connectivity index (χ0v) is 5.03. The normalized spacial score (nSPS) is 3.75. The number of nitrogens with zero attached hydrogens (tertiary/aromatic N) is 2. The highest BCUT2D eigenvalue weighted by Crippen LogP contribution is 1.85. The van der Waals surface area contributed by atoms with Crippen LogP contribution in [0, 0.1) is 21.3 Å². The van der Waals surface area contributed by atoms with Gasteiger partial charge in [-0.3, -0.25) is 0 Å². The van der Waals surface area contributed by atoms with Crippen LogP contribution in [0.4, 0.5) is 0 Å². The zero-order chi connectivity index (χ0) is 6.83. The second kappa shape index (κ2) is 16.9. The van der Waals surface area contributed by atoms with Crippen LogP contribution in [0.3, 0.4) is 0 Å². The molecule has 0 fully saturated rings. The van der Waals surface area contributed by atoms with Crippen molar-refractivity contribution in [3.05, 3.63) is 18.9 Å². The highest BCUT2D eigenvalue weighted by molar-refractivity contribution is 8.07. The van der Waals surface area contributed by atoms with Gasteiger partial charge in [0, 0.05) is 0 Å². The van der Waals surface area contributed by atoms with Crippen LogP contribution >= 0.6 is 11.8 Å². The lowest BCUT2D eigenvalue weighted by molar-refractivity contribution is 1.56. The van der Waals surface area contributed by atoms with E-state index in [9.17, 15) is 0 Å². The minimum Gasteiger partial charge on any atom is -0.184 e. The molecule has 3 heteroatoms. The number of nitriles is 2. The predicted molar refractivity (Wildman–Crippen MR) is 33.6 cm³/mol. The fourth-order valence-electron chi connectivity index (χ4n) is 0.0204. The Kier molecular flexibility index (Phi) is 21.1. The Labute approximate surface area is 52.7 Å². The molecular formula is C5H4N2S. The standard InChI is InChI=1S/C3H4.C2N2S/c1-3-2;3-1-5-2-4/h1-2H2;. The average molecular weight is 124 g/mol. The first-order valence-corrected chi connectivity index (χ1v) is 2.38. The van der Waals surface area contributed by atoms with Crippen LogP contribution in [0.5, 0.6) is 0 Å². The van der Waals surface area contributed by atoms with E-state index in [0.29, 0.717) is 11.8 Å². The molecule has 0 saturated carbocycles. The van der Waals surface area contributed by atoms with Gasteiger partial charge in [0.15, 0.2) is 0 Å². The SMILES string of the molecule is C=C=C.N#CSC#N. The maximum absolute atomic E-state index is 7.56. The number of hydrogen-bond acceptors (Lipinski definition) is 3. The maximum Gasteiger partial charge on any atom is 0.149 e. The minimum absolute atomic E-state index is 0.574. The summed E-state index contributed by atoms with van der Waals surface area (Å²) in [6.45, 7) is 6.25. The molecule has 0 rings (SSSR count). The van der Waals surface area contributed by atoms with E-state index in [1.807, 2.05) is 0 Å². The first kappa shape index (κ1) is 9.97. The van der Waals surface area contributed by atoms with Gasteiger partial charge in [-0.25, -0.2) is 0 Å². The molecule has 0 bridgehead atoms. The summed E-state index contributed by atoms with van der Waals surface area (Å²) in [5, 5.41) is 18.3. The number of hydrogen-bond donors (Lipinski definition) is 0. The van der Waals surface area contributed by atoms with Gasteiger partial charge in [0.1, 0.15) is 10.8 Å². The smallest absolute Gasteiger partial charge is 0.149 e. The number of thioether (sulfide) groups is 1. The van der Waals surface area contributed by atoms with Crippen LogP contribution in [-0.4, -0.2) is 0 Å². The van der Waals surface area contributed by atoms with Crippen molar-refractivity contribution in [3.8, 4) is 10.8 Å². The highest BCUT2D eigenvalue weighted by Gasteiger charge is 1.62. The topological polar surface area (TPSA) is 47.6 Å². The number of rotatable bonds is 0. The summed E-state index contributed by atoms with van der Waals surface area (Å²) in [5.74, 6) is 0. The fourth-order valence-corrected chi connectivity index (χ4v) is 0.0612. The predicted octanol–water partition coefficient (Wildman–Crippen LogP) is 1.64. The van der Waals surface area contributed by atoms with E-state index in [1.165, 1.54) is 0 Å². The lowest BCUT2D eigenvalue weighted by Gasteiger charge is -1.44. The van der Waals surface area contributed by atoms with Crippen LogP contribution in [0.25, 0.3) is 0 Å². The summed E-state index contributed by atoms with van der Waals surface area (Å²) in [7, 11) is 0. The molecule has 8 heavy (non-hydrogen) atoms. The molecular weight excluding hydrogens is 120 g/mol. The summed E-state index contributed by atoms with van der Waals surface area (Å²) < 4.78 is 0. The second-order valence-corrected chi connectivity index (χ2v) is 1.10. The van der Waals surface area contributed by atoms with E-state index in [2.05, 4.69) is 18.9 Å². The van der Waals surface area contributed by atoms with Gasteiger partial charge in [0.2, 0.25) is 0 Å². The Balaban J connectivity index is 0. The van der Waals surface area contributed by atoms with E-state index < -0.39 is 0 Å². The molecule has 0 saturated heterocycles. The molecule has 0 aliphatic rings. The van der Waals surface area contributed by atoms with E-state index >= 15 is 0 Å². The molecule has 0 aromatic rings. The van der Waals surface area contributed by atoms with Crippen molar-refractivity contribution in [1.29, 1.82) is 10.5 Å². The van der Waals surface area contributed by atoms with Crippen molar-refractivity contribution >= 4 is 11.8 Å². The molecule has 0 aliphatic heterocycles. The minimum atomic E-state index is 0.574. The van der Waals surface area contributed by atoms with Crippen molar-refractivity contribution in [2.45, 2.75) is 0 Å².